The summed E-state index contributed by atoms with van der Waals surface area (Å²) in [7, 11) is 0. The zero-order chi connectivity index (χ0) is 32.2. The van der Waals surface area contributed by atoms with Crippen molar-refractivity contribution in [3.05, 3.63) is 154 Å². The van der Waals surface area contributed by atoms with Crippen molar-refractivity contribution in [2.24, 2.45) is 0 Å². The number of carbonyl (C=O) groups is 2. The molecule has 0 saturated heterocycles. The van der Waals surface area contributed by atoms with Crippen LogP contribution in [0.5, 0.6) is 5.75 Å². The highest BCUT2D eigenvalue weighted by Gasteiger charge is 2.36. The van der Waals surface area contributed by atoms with Gasteiger partial charge in [-0.15, -0.1) is 0 Å². The molecule has 2 heterocycles. The molecule has 46 heavy (non-hydrogen) atoms. The number of carbonyl (C=O) groups excluding carboxylic acids is 2. The zero-order valence-corrected chi connectivity index (χ0v) is 25.4. The highest BCUT2D eigenvalue weighted by atomic mass is 35.5. The van der Waals surface area contributed by atoms with Gasteiger partial charge in [-0.05, 0) is 60.5 Å². The molecule has 0 N–H and O–H groups in total. The number of benzene rings is 4. The second kappa shape index (κ2) is 13.1. The summed E-state index contributed by atoms with van der Waals surface area (Å²) in [5, 5.41) is 15.2. The van der Waals surface area contributed by atoms with E-state index in [0.29, 0.717) is 38.7 Å². The summed E-state index contributed by atoms with van der Waals surface area (Å²) in [6.07, 6.45) is 3.43. The molecule has 0 aliphatic carbocycles. The van der Waals surface area contributed by atoms with Crippen molar-refractivity contribution in [1.82, 2.24) is 14.7 Å². The Morgan fingerprint density at radius 2 is 1.63 bits per heavy atom. The maximum absolute atomic E-state index is 14.2. The van der Waals surface area contributed by atoms with Crippen LogP contribution < -0.4 is 4.74 Å². The highest BCUT2D eigenvalue weighted by molar-refractivity contribution is 6.31. The number of para-hydroxylation sites is 1. The maximum atomic E-state index is 14.2. The van der Waals surface area contributed by atoms with Crippen molar-refractivity contribution in [2.75, 3.05) is 0 Å². The molecule has 4 aromatic carbocycles. The summed E-state index contributed by atoms with van der Waals surface area (Å²) in [6.45, 7) is 1.53. The Hall–Kier alpha value is -5.78. The summed E-state index contributed by atoms with van der Waals surface area (Å²) in [6, 6.07) is 32.0. The third-order valence-electron chi connectivity index (χ3n) is 7.63. The van der Waals surface area contributed by atoms with Crippen molar-refractivity contribution < 1.29 is 18.7 Å². The number of imide groups is 1. The molecule has 9 heteroatoms. The Balaban J connectivity index is 1.43. The van der Waals surface area contributed by atoms with Crippen molar-refractivity contribution >= 4 is 29.5 Å². The molecular weight excluding hydrogens is 603 g/mol. The van der Waals surface area contributed by atoms with Gasteiger partial charge in [0.15, 0.2) is 0 Å². The fourth-order valence-corrected chi connectivity index (χ4v) is 5.36. The minimum absolute atomic E-state index is 0.0379. The fraction of sp³-hybridized carbons (Fsp3) is 0.0811. The molecule has 1 aromatic heterocycles. The molecule has 1 aliphatic rings. The van der Waals surface area contributed by atoms with Crippen LogP contribution in [0.1, 0.15) is 23.6 Å². The number of hydrogen-bond donors (Lipinski definition) is 0. The number of amides is 2. The first-order valence-corrected chi connectivity index (χ1v) is 14.8. The number of rotatable bonds is 8. The summed E-state index contributed by atoms with van der Waals surface area (Å²) < 4.78 is 21.8. The van der Waals surface area contributed by atoms with Crippen LogP contribution in [0, 0.1) is 17.1 Å². The van der Waals surface area contributed by atoms with E-state index in [2.05, 4.69) is 0 Å². The number of hydrogen-bond acceptors (Lipinski definition) is 5. The van der Waals surface area contributed by atoms with Crippen LogP contribution in [0.25, 0.3) is 23.0 Å². The van der Waals surface area contributed by atoms with E-state index in [4.69, 9.17) is 21.4 Å². The van der Waals surface area contributed by atoms with Gasteiger partial charge in [-0.2, -0.15) is 10.4 Å². The standard InChI is InChI=1S/C37H26ClFN4O3/c1-24-31(36(44)42(37(45)32(24)20-40)21-26-10-5-7-16-33(26)38)19-28-22-43(29-13-3-2-4-14-29)41-35(28)25-12-9-15-30(18-25)46-23-27-11-6-8-17-34(27)39/h2-19,22H,21,23H2,1H3/b31-19+. The number of aromatic nitrogens is 2. The SMILES string of the molecule is CC1=C(C#N)C(=O)N(Cc2ccccc2Cl)C(=O)/C1=C/c1cn(-c2ccccc2)nc1-c1cccc(OCc2ccccc2F)c1. The van der Waals surface area contributed by atoms with Crippen molar-refractivity contribution in [3.8, 4) is 28.8 Å². The molecule has 2 amide bonds. The van der Waals surface area contributed by atoms with Gasteiger partial charge in [0.1, 0.15) is 35.5 Å². The average Bonchev–Trinajstić information content (AvgIpc) is 3.50. The largest absolute Gasteiger partial charge is 0.489 e. The number of ether oxygens (including phenoxy) is 1. The van der Waals surface area contributed by atoms with Gasteiger partial charge in [-0.25, -0.2) is 9.07 Å². The Morgan fingerprint density at radius 1 is 0.913 bits per heavy atom. The molecule has 226 valence electrons. The lowest BCUT2D eigenvalue weighted by Gasteiger charge is -2.27. The van der Waals surface area contributed by atoms with Gasteiger partial charge in [0.05, 0.1) is 12.2 Å². The first-order valence-electron chi connectivity index (χ1n) is 14.4. The van der Waals surface area contributed by atoms with Crippen LogP contribution in [0.4, 0.5) is 4.39 Å². The second-order valence-corrected chi connectivity index (χ2v) is 11.0. The Kier molecular flexibility index (Phi) is 8.59. The lowest BCUT2D eigenvalue weighted by molar-refractivity contribution is -0.141. The van der Waals surface area contributed by atoms with Gasteiger partial charge >= 0.3 is 0 Å². The van der Waals surface area contributed by atoms with E-state index in [9.17, 15) is 19.2 Å². The topological polar surface area (TPSA) is 88.2 Å². The summed E-state index contributed by atoms with van der Waals surface area (Å²) >= 11 is 6.35. The lowest BCUT2D eigenvalue weighted by Crippen LogP contribution is -2.42. The van der Waals surface area contributed by atoms with Crippen LogP contribution in [-0.2, 0) is 22.7 Å². The summed E-state index contributed by atoms with van der Waals surface area (Å²) in [5.74, 6) is -1.08. The van der Waals surface area contributed by atoms with E-state index in [1.54, 1.807) is 84.5 Å². The van der Waals surface area contributed by atoms with Gasteiger partial charge in [-0.3, -0.25) is 14.5 Å². The molecule has 6 rings (SSSR count). The first kappa shape index (κ1) is 30.3. The van der Waals surface area contributed by atoms with Crippen molar-refractivity contribution in [3.63, 3.8) is 0 Å². The van der Waals surface area contributed by atoms with Gasteiger partial charge in [-0.1, -0.05) is 78.3 Å². The van der Waals surface area contributed by atoms with E-state index < -0.39 is 11.8 Å². The smallest absolute Gasteiger partial charge is 0.271 e. The third kappa shape index (κ3) is 6.09. The van der Waals surface area contributed by atoms with Crippen LogP contribution in [-0.4, -0.2) is 26.5 Å². The number of nitriles is 1. The fourth-order valence-electron chi connectivity index (χ4n) is 5.17. The zero-order valence-electron chi connectivity index (χ0n) is 24.7. The first-order chi connectivity index (χ1) is 22.3. The third-order valence-corrected chi connectivity index (χ3v) is 8.00. The van der Waals surface area contributed by atoms with Crippen molar-refractivity contribution in [2.45, 2.75) is 20.1 Å². The van der Waals surface area contributed by atoms with E-state index in [1.807, 2.05) is 42.5 Å². The Morgan fingerprint density at radius 3 is 2.37 bits per heavy atom. The van der Waals surface area contributed by atoms with Crippen molar-refractivity contribution in [1.29, 1.82) is 5.26 Å². The summed E-state index contributed by atoms with van der Waals surface area (Å²) in [4.78, 5) is 28.3. The molecule has 0 radical (unpaired) electrons. The van der Waals surface area contributed by atoms with Crippen LogP contribution in [0.2, 0.25) is 5.02 Å². The van der Waals surface area contributed by atoms with Gasteiger partial charge < -0.3 is 4.74 Å². The predicted octanol–water partition coefficient (Wildman–Crippen LogP) is 7.70. The molecule has 0 unspecified atom stereocenters. The molecule has 1 aliphatic heterocycles. The minimum atomic E-state index is -0.679. The molecule has 7 nitrogen and oxygen atoms in total. The number of halogens is 2. The second-order valence-electron chi connectivity index (χ2n) is 10.6. The maximum Gasteiger partial charge on any atom is 0.271 e. The highest BCUT2D eigenvalue weighted by Crippen LogP contribution is 2.33. The Labute approximate surface area is 270 Å². The molecule has 0 bridgehead atoms. The van der Waals surface area contributed by atoms with E-state index in [-0.39, 0.29) is 35.7 Å². The lowest BCUT2D eigenvalue weighted by atomic mass is 9.93. The molecule has 0 spiro atoms. The van der Waals surface area contributed by atoms with Crippen LogP contribution >= 0.6 is 11.6 Å². The van der Waals surface area contributed by atoms with Crippen LogP contribution in [0.3, 0.4) is 0 Å². The molecular formula is C37H26ClFN4O3. The normalized spacial score (nSPS) is 14.1. The average molecular weight is 629 g/mol. The minimum Gasteiger partial charge on any atom is -0.489 e. The van der Waals surface area contributed by atoms with E-state index in [0.717, 1.165) is 10.6 Å². The molecule has 0 atom stereocenters. The van der Waals surface area contributed by atoms with Gasteiger partial charge in [0.2, 0.25) is 0 Å². The van der Waals surface area contributed by atoms with Gasteiger partial charge in [0.25, 0.3) is 11.8 Å². The quantitative estimate of drug-likeness (QED) is 0.130. The Bertz CT molecular complexity index is 2080. The van der Waals surface area contributed by atoms with Crippen LogP contribution in [0.15, 0.2) is 126 Å². The van der Waals surface area contributed by atoms with E-state index >= 15 is 0 Å². The molecule has 0 fully saturated rings. The molecule has 0 saturated carbocycles. The number of nitrogens with zero attached hydrogens (tertiary/aromatic N) is 4. The summed E-state index contributed by atoms with van der Waals surface area (Å²) in [5.41, 5.74) is 3.90. The van der Waals surface area contributed by atoms with Gasteiger partial charge in [0, 0.05) is 33.5 Å². The molecule has 5 aromatic rings. The monoisotopic (exact) mass is 628 g/mol. The van der Waals surface area contributed by atoms with E-state index in [1.165, 1.54) is 6.07 Å². The predicted molar refractivity (Wildman–Crippen MR) is 173 cm³/mol.